The first-order valence-electron chi connectivity index (χ1n) is 9.66. The second-order valence-corrected chi connectivity index (χ2v) is 7.11. The van der Waals surface area contributed by atoms with E-state index in [0.29, 0.717) is 23.3 Å². The Kier molecular flexibility index (Phi) is 6.79. The van der Waals surface area contributed by atoms with Gasteiger partial charge in [0, 0.05) is 36.3 Å². The van der Waals surface area contributed by atoms with Crippen LogP contribution in [0.25, 0.3) is 5.70 Å². The van der Waals surface area contributed by atoms with Crippen molar-refractivity contribution in [2.24, 2.45) is 11.5 Å². The zero-order chi connectivity index (χ0) is 21.7. The average molecular weight is 414 g/mol. The summed E-state index contributed by atoms with van der Waals surface area (Å²) in [7, 11) is 0. The Morgan fingerprint density at radius 1 is 1.30 bits per heavy atom. The van der Waals surface area contributed by atoms with Crippen LogP contribution in [0.4, 0.5) is 8.78 Å². The molecule has 6 nitrogen and oxygen atoms in total. The third-order valence-electron chi connectivity index (χ3n) is 5.09. The molecule has 0 saturated heterocycles. The standard InChI is InChI=1S/C22H24F2N4O2/c23-17-5-2-6-18(24)20(17)19(25)10-13-3-1-4-16(21(13)26)14-9-15(12-27-11-14)22(30)28-7-8-29/h2,5-6,9-12,16,29H,1,3-4,7-8,25-26H2,(H,28,30)/b19-10-. The van der Waals surface area contributed by atoms with Crippen LogP contribution in [-0.2, 0) is 0 Å². The second-order valence-electron chi connectivity index (χ2n) is 7.11. The summed E-state index contributed by atoms with van der Waals surface area (Å²) in [6.45, 7) is -0.00769. The molecule has 0 spiro atoms. The normalized spacial score (nSPS) is 17.2. The van der Waals surface area contributed by atoms with Crippen molar-refractivity contribution in [3.63, 3.8) is 0 Å². The molecule has 0 saturated carbocycles. The molecule has 1 aliphatic carbocycles. The number of aromatic nitrogens is 1. The zero-order valence-electron chi connectivity index (χ0n) is 16.4. The summed E-state index contributed by atoms with van der Waals surface area (Å²) in [6.07, 6.45) is 6.79. The summed E-state index contributed by atoms with van der Waals surface area (Å²) >= 11 is 0. The van der Waals surface area contributed by atoms with E-state index in [2.05, 4.69) is 10.3 Å². The number of pyridine rings is 1. The number of carbonyl (C=O) groups is 1. The molecule has 1 heterocycles. The number of benzene rings is 1. The Bertz CT molecular complexity index is 984. The summed E-state index contributed by atoms with van der Waals surface area (Å²) < 4.78 is 28.1. The van der Waals surface area contributed by atoms with E-state index in [4.69, 9.17) is 16.6 Å². The molecule has 0 fully saturated rings. The monoisotopic (exact) mass is 414 g/mol. The maximum Gasteiger partial charge on any atom is 0.252 e. The molecular weight excluding hydrogens is 390 g/mol. The van der Waals surface area contributed by atoms with Gasteiger partial charge < -0.3 is 21.9 Å². The number of aliphatic hydroxyl groups excluding tert-OH is 1. The maximum absolute atomic E-state index is 14.0. The van der Waals surface area contributed by atoms with Crippen LogP contribution in [0.15, 0.2) is 54.0 Å². The topological polar surface area (TPSA) is 114 Å². The number of amides is 1. The van der Waals surface area contributed by atoms with Gasteiger partial charge in [-0.25, -0.2) is 8.78 Å². The predicted molar refractivity (Wildman–Crippen MR) is 110 cm³/mol. The summed E-state index contributed by atoms with van der Waals surface area (Å²) in [5.41, 5.74) is 14.5. The SMILES string of the molecule is NC1=C(/C=C(\N)c2c(F)cccc2F)CCCC1c1cncc(C(=O)NCCO)c1. The van der Waals surface area contributed by atoms with Crippen LogP contribution in [-0.4, -0.2) is 29.1 Å². The van der Waals surface area contributed by atoms with Gasteiger partial charge in [-0.15, -0.1) is 0 Å². The smallest absolute Gasteiger partial charge is 0.252 e. The Labute approximate surface area is 173 Å². The van der Waals surface area contributed by atoms with E-state index in [-0.39, 0.29) is 36.2 Å². The largest absolute Gasteiger partial charge is 0.401 e. The number of rotatable bonds is 6. The summed E-state index contributed by atoms with van der Waals surface area (Å²) in [4.78, 5) is 16.3. The predicted octanol–water partition coefficient (Wildman–Crippen LogP) is 2.56. The number of nitrogens with two attached hydrogens (primary N) is 2. The average Bonchev–Trinajstić information content (AvgIpc) is 2.73. The first-order valence-corrected chi connectivity index (χ1v) is 9.66. The molecule has 1 aromatic carbocycles. The fourth-order valence-corrected chi connectivity index (χ4v) is 3.60. The molecule has 0 bridgehead atoms. The molecule has 0 aliphatic heterocycles. The van der Waals surface area contributed by atoms with Crippen LogP contribution < -0.4 is 16.8 Å². The van der Waals surface area contributed by atoms with E-state index >= 15 is 0 Å². The Hall–Kier alpha value is -3.26. The Balaban J connectivity index is 1.92. The van der Waals surface area contributed by atoms with Gasteiger partial charge in [-0.3, -0.25) is 9.78 Å². The summed E-state index contributed by atoms with van der Waals surface area (Å²) in [6, 6.07) is 5.30. The highest BCUT2D eigenvalue weighted by molar-refractivity contribution is 5.94. The van der Waals surface area contributed by atoms with Crippen LogP contribution in [0, 0.1) is 11.6 Å². The van der Waals surface area contributed by atoms with Gasteiger partial charge >= 0.3 is 0 Å². The molecule has 1 aliphatic rings. The molecule has 2 aromatic rings. The second kappa shape index (κ2) is 9.49. The van der Waals surface area contributed by atoms with Gasteiger partial charge in [0.15, 0.2) is 0 Å². The molecule has 1 atom stereocenters. The Morgan fingerprint density at radius 2 is 2.03 bits per heavy atom. The number of hydrogen-bond acceptors (Lipinski definition) is 5. The summed E-state index contributed by atoms with van der Waals surface area (Å²) in [5, 5.41) is 11.4. The van der Waals surface area contributed by atoms with Gasteiger partial charge in [0.25, 0.3) is 5.91 Å². The quantitative estimate of drug-likeness (QED) is 0.580. The minimum atomic E-state index is -0.735. The van der Waals surface area contributed by atoms with E-state index in [0.717, 1.165) is 30.5 Å². The number of halogens is 2. The molecule has 8 heteroatoms. The van der Waals surface area contributed by atoms with E-state index in [1.807, 2.05) is 0 Å². The lowest BCUT2D eigenvalue weighted by Gasteiger charge is -2.25. The van der Waals surface area contributed by atoms with Crippen LogP contribution >= 0.6 is 0 Å². The van der Waals surface area contributed by atoms with Gasteiger partial charge in [-0.2, -0.15) is 0 Å². The lowest BCUT2D eigenvalue weighted by Crippen LogP contribution is -2.26. The zero-order valence-corrected chi connectivity index (χ0v) is 16.4. The van der Waals surface area contributed by atoms with Crippen molar-refractivity contribution in [3.8, 4) is 0 Å². The first-order chi connectivity index (χ1) is 14.4. The Morgan fingerprint density at radius 3 is 2.73 bits per heavy atom. The van der Waals surface area contributed by atoms with Gasteiger partial charge in [-0.05, 0) is 54.7 Å². The number of hydrogen-bond donors (Lipinski definition) is 4. The van der Waals surface area contributed by atoms with Crippen molar-refractivity contribution in [1.82, 2.24) is 10.3 Å². The molecule has 158 valence electrons. The van der Waals surface area contributed by atoms with Crippen LogP contribution in [0.1, 0.15) is 46.7 Å². The molecule has 1 aromatic heterocycles. The fourth-order valence-electron chi connectivity index (χ4n) is 3.60. The van der Waals surface area contributed by atoms with Gasteiger partial charge in [0.1, 0.15) is 11.6 Å². The highest BCUT2D eigenvalue weighted by Crippen LogP contribution is 2.36. The molecule has 1 amide bonds. The number of carbonyl (C=O) groups excluding carboxylic acids is 1. The molecule has 6 N–H and O–H groups in total. The van der Waals surface area contributed by atoms with Crippen molar-refractivity contribution in [3.05, 3.63) is 82.3 Å². The van der Waals surface area contributed by atoms with Crippen molar-refractivity contribution in [2.75, 3.05) is 13.2 Å². The molecule has 30 heavy (non-hydrogen) atoms. The van der Waals surface area contributed by atoms with Gasteiger partial charge in [-0.1, -0.05) is 6.07 Å². The minimum absolute atomic E-state index is 0.0283. The highest BCUT2D eigenvalue weighted by Gasteiger charge is 2.23. The van der Waals surface area contributed by atoms with E-state index in [1.54, 1.807) is 12.3 Å². The van der Waals surface area contributed by atoms with Crippen LogP contribution in [0.5, 0.6) is 0 Å². The van der Waals surface area contributed by atoms with Crippen molar-refractivity contribution in [2.45, 2.75) is 25.2 Å². The lowest BCUT2D eigenvalue weighted by molar-refractivity contribution is 0.0944. The molecular formula is C22H24F2N4O2. The van der Waals surface area contributed by atoms with Gasteiger partial charge in [0.2, 0.25) is 0 Å². The maximum atomic E-state index is 14.0. The van der Waals surface area contributed by atoms with Crippen LogP contribution in [0.2, 0.25) is 0 Å². The van der Waals surface area contributed by atoms with Crippen molar-refractivity contribution in [1.29, 1.82) is 0 Å². The molecule has 1 unspecified atom stereocenters. The first kappa shape index (κ1) is 21.4. The number of allylic oxidation sites excluding steroid dienone is 3. The molecule has 3 rings (SSSR count). The number of aliphatic hydroxyl groups is 1. The van der Waals surface area contributed by atoms with E-state index in [9.17, 15) is 13.6 Å². The van der Waals surface area contributed by atoms with Gasteiger partial charge in [0.05, 0.1) is 17.7 Å². The van der Waals surface area contributed by atoms with Crippen molar-refractivity contribution >= 4 is 11.6 Å². The fraction of sp³-hybridized carbons (Fsp3) is 0.273. The third kappa shape index (κ3) is 4.65. The number of nitrogens with one attached hydrogen (secondary N) is 1. The van der Waals surface area contributed by atoms with Crippen molar-refractivity contribution < 1.29 is 18.7 Å². The highest BCUT2D eigenvalue weighted by atomic mass is 19.1. The van der Waals surface area contributed by atoms with E-state index < -0.39 is 11.6 Å². The van der Waals surface area contributed by atoms with E-state index in [1.165, 1.54) is 18.3 Å². The number of nitrogens with zero attached hydrogens (tertiary/aromatic N) is 1. The minimum Gasteiger partial charge on any atom is -0.401 e. The summed E-state index contributed by atoms with van der Waals surface area (Å²) in [5.74, 6) is -2.00. The van der Waals surface area contributed by atoms with Crippen LogP contribution in [0.3, 0.4) is 0 Å². The lowest BCUT2D eigenvalue weighted by atomic mass is 9.82. The molecule has 0 radical (unpaired) electrons. The third-order valence-corrected chi connectivity index (χ3v) is 5.09.